The molecule has 32 heavy (non-hydrogen) atoms. The molecule has 0 unspecified atom stereocenters. The number of nitrogen functional groups attached to an aromatic ring is 1. The molecule has 0 radical (unpaired) electrons. The number of hydrogen-bond acceptors (Lipinski definition) is 11. The fourth-order valence-electron chi connectivity index (χ4n) is 3.39. The zero-order valence-corrected chi connectivity index (χ0v) is 17.4. The normalized spacial score (nSPS) is 14.3. The molecule has 3 aromatic rings. The maximum atomic E-state index is 13.0. The van der Waals surface area contributed by atoms with Crippen LogP contribution in [0.15, 0.2) is 27.9 Å². The van der Waals surface area contributed by atoms with Crippen LogP contribution in [0.25, 0.3) is 5.82 Å². The van der Waals surface area contributed by atoms with E-state index in [4.69, 9.17) is 10.5 Å². The van der Waals surface area contributed by atoms with Gasteiger partial charge in [0.1, 0.15) is 5.69 Å². The summed E-state index contributed by atoms with van der Waals surface area (Å²) in [5, 5.41) is 29.3. The number of nitrogens with zero attached hydrogens (tertiary/aromatic N) is 7. The van der Waals surface area contributed by atoms with Crippen molar-refractivity contribution in [3.05, 3.63) is 35.2 Å². The highest BCUT2D eigenvalue weighted by molar-refractivity contribution is 5.95. The minimum atomic E-state index is -0.549. The van der Waals surface area contributed by atoms with Crippen LogP contribution in [0, 0.1) is 0 Å². The summed E-state index contributed by atoms with van der Waals surface area (Å²) in [4.78, 5) is 15.2. The molecular formula is C19H23N9O4. The van der Waals surface area contributed by atoms with E-state index < -0.39 is 5.91 Å². The zero-order chi connectivity index (χ0) is 22.5. The highest BCUT2D eigenvalue weighted by Crippen LogP contribution is 2.26. The van der Waals surface area contributed by atoms with E-state index in [2.05, 4.69) is 40.7 Å². The first-order valence-corrected chi connectivity index (χ1v) is 10.1. The van der Waals surface area contributed by atoms with Crippen molar-refractivity contribution in [2.45, 2.75) is 26.3 Å². The predicted octanol–water partition coefficient (Wildman–Crippen LogP) is 0.696. The Morgan fingerprint density at radius 2 is 2.19 bits per heavy atom. The second-order valence-electron chi connectivity index (χ2n) is 7.11. The number of ether oxygens (including phenoxy) is 1. The standard InChI is InChI=1S/C19H23N9O4/c1-2-31-15-9-12(5-6-14(15)29)10-21-23-19(30)16-13(11-27-7-3-4-8-27)22-26-28(16)18-17(20)24-32-25-18/h5-6,9-10,29H,2-4,7-8,11H2,1H3,(H2,20,24)(H,23,30)/b21-10+. The Morgan fingerprint density at radius 1 is 1.38 bits per heavy atom. The van der Waals surface area contributed by atoms with E-state index in [0.717, 1.165) is 25.9 Å². The van der Waals surface area contributed by atoms with Crippen molar-refractivity contribution in [3.63, 3.8) is 0 Å². The summed E-state index contributed by atoms with van der Waals surface area (Å²) < 4.78 is 11.2. The molecule has 0 spiro atoms. The van der Waals surface area contributed by atoms with Crippen LogP contribution >= 0.6 is 0 Å². The van der Waals surface area contributed by atoms with Gasteiger partial charge in [-0.1, -0.05) is 5.21 Å². The number of amides is 1. The van der Waals surface area contributed by atoms with Crippen LogP contribution in [-0.4, -0.2) is 67.1 Å². The van der Waals surface area contributed by atoms with Crippen molar-refractivity contribution in [3.8, 4) is 17.3 Å². The van der Waals surface area contributed by atoms with E-state index in [1.807, 2.05) is 6.92 Å². The number of hydrazone groups is 1. The number of likely N-dealkylation sites (tertiary alicyclic amines) is 1. The largest absolute Gasteiger partial charge is 0.504 e. The molecule has 13 nitrogen and oxygen atoms in total. The van der Waals surface area contributed by atoms with Gasteiger partial charge in [0.15, 0.2) is 17.2 Å². The number of aromatic hydroxyl groups is 1. The lowest BCUT2D eigenvalue weighted by Crippen LogP contribution is -2.26. The maximum absolute atomic E-state index is 13.0. The van der Waals surface area contributed by atoms with Crippen LogP contribution in [0.3, 0.4) is 0 Å². The Balaban J connectivity index is 1.56. The van der Waals surface area contributed by atoms with E-state index >= 15 is 0 Å². The summed E-state index contributed by atoms with van der Waals surface area (Å²) in [5.74, 6) is -0.154. The Hall–Kier alpha value is -4.00. The second kappa shape index (κ2) is 9.43. The van der Waals surface area contributed by atoms with Crippen LogP contribution in [0.5, 0.6) is 11.5 Å². The number of phenols is 1. The molecule has 0 bridgehead atoms. The summed E-state index contributed by atoms with van der Waals surface area (Å²) in [6.45, 7) is 4.51. The Kier molecular flexibility index (Phi) is 6.26. The van der Waals surface area contributed by atoms with Crippen molar-refractivity contribution < 1.29 is 19.3 Å². The molecular weight excluding hydrogens is 418 g/mol. The fraction of sp³-hybridized carbons (Fsp3) is 0.368. The first kappa shape index (κ1) is 21.2. The lowest BCUT2D eigenvalue weighted by Gasteiger charge is -2.13. The Bertz CT molecular complexity index is 1120. The monoisotopic (exact) mass is 441 g/mol. The van der Waals surface area contributed by atoms with E-state index in [9.17, 15) is 9.90 Å². The molecule has 4 N–H and O–H groups in total. The third-order valence-electron chi connectivity index (χ3n) is 4.89. The quantitative estimate of drug-likeness (QED) is 0.334. The molecule has 0 saturated carbocycles. The molecule has 1 saturated heterocycles. The first-order valence-electron chi connectivity index (χ1n) is 10.1. The molecule has 1 aliphatic heterocycles. The number of nitrogens with two attached hydrogens (primary N) is 1. The number of carbonyl (C=O) groups is 1. The number of benzene rings is 1. The van der Waals surface area contributed by atoms with E-state index in [-0.39, 0.29) is 23.1 Å². The van der Waals surface area contributed by atoms with Gasteiger partial charge in [0, 0.05) is 6.54 Å². The van der Waals surface area contributed by atoms with Gasteiger partial charge in [0.05, 0.1) is 12.8 Å². The average Bonchev–Trinajstić information content (AvgIpc) is 3.52. The molecule has 1 aliphatic rings. The van der Waals surface area contributed by atoms with E-state index in [1.54, 1.807) is 12.1 Å². The van der Waals surface area contributed by atoms with Gasteiger partial charge in [-0.3, -0.25) is 9.69 Å². The number of rotatable bonds is 8. The molecule has 1 aromatic carbocycles. The first-order chi connectivity index (χ1) is 15.6. The van der Waals surface area contributed by atoms with Crippen molar-refractivity contribution in [2.75, 3.05) is 25.4 Å². The van der Waals surface area contributed by atoms with Gasteiger partial charge in [-0.15, -0.1) is 5.10 Å². The van der Waals surface area contributed by atoms with Crippen molar-refractivity contribution in [1.29, 1.82) is 0 Å². The maximum Gasteiger partial charge on any atom is 0.292 e. The summed E-state index contributed by atoms with van der Waals surface area (Å²) >= 11 is 0. The van der Waals surface area contributed by atoms with E-state index in [1.165, 1.54) is 17.0 Å². The zero-order valence-electron chi connectivity index (χ0n) is 17.4. The molecule has 0 atom stereocenters. The summed E-state index contributed by atoms with van der Waals surface area (Å²) in [5.41, 5.74) is 9.48. The fourth-order valence-corrected chi connectivity index (χ4v) is 3.39. The molecule has 168 valence electrons. The SMILES string of the molecule is CCOc1cc(/C=N/NC(=O)c2c(CN3CCCC3)nnn2-c2nonc2N)ccc1O. The van der Waals surface area contributed by atoms with Gasteiger partial charge in [-0.05, 0) is 66.9 Å². The van der Waals surface area contributed by atoms with E-state index in [0.29, 0.717) is 30.2 Å². The third-order valence-corrected chi connectivity index (χ3v) is 4.89. The van der Waals surface area contributed by atoms with Crippen LogP contribution < -0.4 is 15.9 Å². The van der Waals surface area contributed by atoms with Gasteiger partial charge in [0.25, 0.3) is 5.91 Å². The molecule has 3 heterocycles. The number of carbonyl (C=O) groups excluding carboxylic acids is 1. The summed E-state index contributed by atoms with van der Waals surface area (Å²) in [6.07, 6.45) is 3.62. The number of nitrogens with one attached hydrogen (secondary N) is 1. The van der Waals surface area contributed by atoms with Crippen LogP contribution in [0.1, 0.15) is 41.5 Å². The van der Waals surface area contributed by atoms with Crippen molar-refractivity contribution >= 4 is 17.9 Å². The van der Waals surface area contributed by atoms with Crippen molar-refractivity contribution in [2.24, 2.45) is 5.10 Å². The lowest BCUT2D eigenvalue weighted by atomic mass is 10.2. The molecule has 1 amide bonds. The number of hydrogen-bond donors (Lipinski definition) is 3. The number of phenolic OH excluding ortho intramolecular Hbond substituents is 1. The topological polar surface area (TPSA) is 170 Å². The van der Waals surface area contributed by atoms with Gasteiger partial charge in [-0.2, -0.15) is 9.78 Å². The minimum Gasteiger partial charge on any atom is -0.504 e. The second-order valence-corrected chi connectivity index (χ2v) is 7.11. The van der Waals surface area contributed by atoms with Gasteiger partial charge >= 0.3 is 0 Å². The molecule has 2 aromatic heterocycles. The Labute approximate surface area is 182 Å². The lowest BCUT2D eigenvalue weighted by molar-refractivity contribution is 0.0945. The molecule has 1 fully saturated rings. The van der Waals surface area contributed by atoms with Crippen LogP contribution in [-0.2, 0) is 6.54 Å². The smallest absolute Gasteiger partial charge is 0.292 e. The molecule has 13 heteroatoms. The number of anilines is 1. The minimum absolute atomic E-state index is 0.0206. The predicted molar refractivity (Wildman–Crippen MR) is 112 cm³/mol. The number of aromatic nitrogens is 5. The Morgan fingerprint density at radius 3 is 2.91 bits per heavy atom. The van der Waals surface area contributed by atoms with Gasteiger partial charge < -0.3 is 15.6 Å². The van der Waals surface area contributed by atoms with Crippen LogP contribution in [0.4, 0.5) is 5.82 Å². The van der Waals surface area contributed by atoms with Crippen LogP contribution in [0.2, 0.25) is 0 Å². The molecule has 4 rings (SSSR count). The van der Waals surface area contributed by atoms with Crippen molar-refractivity contribution in [1.82, 2.24) is 35.6 Å². The highest BCUT2D eigenvalue weighted by atomic mass is 16.6. The summed E-state index contributed by atoms with van der Waals surface area (Å²) in [7, 11) is 0. The summed E-state index contributed by atoms with van der Waals surface area (Å²) in [6, 6.07) is 4.74. The van der Waals surface area contributed by atoms with Gasteiger partial charge in [0.2, 0.25) is 11.6 Å². The highest BCUT2D eigenvalue weighted by Gasteiger charge is 2.26. The molecule has 0 aliphatic carbocycles. The average molecular weight is 441 g/mol. The third kappa shape index (κ3) is 4.51. The van der Waals surface area contributed by atoms with Gasteiger partial charge in [-0.25, -0.2) is 10.1 Å².